The summed E-state index contributed by atoms with van der Waals surface area (Å²) >= 11 is 1.71. The summed E-state index contributed by atoms with van der Waals surface area (Å²) < 4.78 is 0. The van der Waals surface area contributed by atoms with Gasteiger partial charge < -0.3 is 5.32 Å². The standard InChI is InChI=1S/C17H27NOS/c1-12(15-6-5-11-20-15)18-16(19)13-7-9-14(10-8-13)17(2,3)4/h5-6,11-14H,7-10H2,1-4H3,(H,18,19). The van der Waals surface area contributed by atoms with Crippen molar-refractivity contribution >= 4 is 17.2 Å². The molecule has 0 saturated heterocycles. The Morgan fingerprint density at radius 2 is 1.95 bits per heavy atom. The van der Waals surface area contributed by atoms with Gasteiger partial charge in [0.15, 0.2) is 0 Å². The van der Waals surface area contributed by atoms with E-state index >= 15 is 0 Å². The first kappa shape index (κ1) is 15.6. The van der Waals surface area contributed by atoms with E-state index in [9.17, 15) is 4.79 Å². The van der Waals surface area contributed by atoms with Crippen LogP contribution in [0.25, 0.3) is 0 Å². The van der Waals surface area contributed by atoms with Crippen LogP contribution in [-0.4, -0.2) is 5.91 Å². The minimum absolute atomic E-state index is 0.142. The van der Waals surface area contributed by atoms with E-state index in [4.69, 9.17) is 0 Å². The van der Waals surface area contributed by atoms with Crippen LogP contribution >= 0.6 is 11.3 Å². The van der Waals surface area contributed by atoms with Crippen molar-refractivity contribution in [2.24, 2.45) is 17.3 Å². The number of amides is 1. The van der Waals surface area contributed by atoms with Gasteiger partial charge in [-0.2, -0.15) is 0 Å². The van der Waals surface area contributed by atoms with Crippen LogP contribution in [0, 0.1) is 17.3 Å². The molecule has 1 N–H and O–H groups in total. The summed E-state index contributed by atoms with van der Waals surface area (Å²) in [7, 11) is 0. The lowest BCUT2D eigenvalue weighted by molar-refractivity contribution is -0.127. The van der Waals surface area contributed by atoms with Gasteiger partial charge in [-0.05, 0) is 55.4 Å². The Hall–Kier alpha value is -0.830. The van der Waals surface area contributed by atoms with Crippen molar-refractivity contribution in [3.8, 4) is 0 Å². The number of nitrogens with one attached hydrogen (secondary N) is 1. The van der Waals surface area contributed by atoms with Gasteiger partial charge in [-0.3, -0.25) is 4.79 Å². The number of thiophene rings is 1. The molecule has 20 heavy (non-hydrogen) atoms. The summed E-state index contributed by atoms with van der Waals surface area (Å²) in [5.41, 5.74) is 0.381. The van der Waals surface area contributed by atoms with Crippen molar-refractivity contribution in [3.63, 3.8) is 0 Å². The zero-order valence-corrected chi connectivity index (χ0v) is 13.9. The Morgan fingerprint density at radius 3 is 2.45 bits per heavy atom. The quantitative estimate of drug-likeness (QED) is 0.854. The maximum absolute atomic E-state index is 12.4. The predicted octanol–water partition coefficient (Wildman–Crippen LogP) is 4.78. The lowest BCUT2D eigenvalue weighted by Gasteiger charge is -2.36. The van der Waals surface area contributed by atoms with Crippen molar-refractivity contribution in [2.45, 2.75) is 59.4 Å². The molecule has 0 bridgehead atoms. The fourth-order valence-electron chi connectivity index (χ4n) is 3.16. The second-order valence-corrected chi connectivity index (χ2v) is 8.14. The number of hydrogen-bond acceptors (Lipinski definition) is 2. The number of carbonyl (C=O) groups is 1. The van der Waals surface area contributed by atoms with Crippen LogP contribution in [0.3, 0.4) is 0 Å². The summed E-state index contributed by atoms with van der Waals surface area (Å²) in [6.07, 6.45) is 4.47. The molecular formula is C17H27NOS. The minimum atomic E-state index is 0.142. The molecule has 1 fully saturated rings. The SMILES string of the molecule is CC(NC(=O)C1CCC(C(C)(C)C)CC1)c1cccs1. The Morgan fingerprint density at radius 1 is 1.30 bits per heavy atom. The molecular weight excluding hydrogens is 266 g/mol. The maximum atomic E-state index is 12.4. The largest absolute Gasteiger partial charge is 0.349 e. The fourth-order valence-corrected chi connectivity index (χ4v) is 3.90. The van der Waals surface area contributed by atoms with E-state index in [2.05, 4.69) is 44.5 Å². The van der Waals surface area contributed by atoms with Crippen LogP contribution in [-0.2, 0) is 4.79 Å². The van der Waals surface area contributed by atoms with Crippen molar-refractivity contribution in [2.75, 3.05) is 0 Å². The van der Waals surface area contributed by atoms with Gasteiger partial charge in [-0.15, -0.1) is 11.3 Å². The van der Waals surface area contributed by atoms with Crippen LogP contribution in [0.15, 0.2) is 17.5 Å². The van der Waals surface area contributed by atoms with Gasteiger partial charge in [0.25, 0.3) is 0 Å². The first-order valence-corrected chi connectivity index (χ1v) is 8.59. The lowest BCUT2D eigenvalue weighted by Crippen LogP contribution is -2.36. The summed E-state index contributed by atoms with van der Waals surface area (Å²) in [6, 6.07) is 4.27. The number of rotatable bonds is 3. The molecule has 112 valence electrons. The molecule has 1 saturated carbocycles. The molecule has 3 heteroatoms. The molecule has 1 aliphatic rings. The first-order valence-electron chi connectivity index (χ1n) is 7.71. The smallest absolute Gasteiger partial charge is 0.223 e. The molecule has 0 spiro atoms. The third kappa shape index (κ3) is 3.85. The van der Waals surface area contributed by atoms with E-state index in [0.29, 0.717) is 5.41 Å². The van der Waals surface area contributed by atoms with Gasteiger partial charge in [-0.1, -0.05) is 26.8 Å². The Labute approximate surface area is 127 Å². The monoisotopic (exact) mass is 293 g/mol. The highest BCUT2D eigenvalue weighted by molar-refractivity contribution is 7.10. The Bertz CT molecular complexity index is 424. The van der Waals surface area contributed by atoms with E-state index in [1.807, 2.05) is 6.07 Å². The van der Waals surface area contributed by atoms with Crippen molar-refractivity contribution < 1.29 is 4.79 Å². The third-order valence-corrected chi connectivity index (χ3v) is 5.71. The van der Waals surface area contributed by atoms with Crippen molar-refractivity contribution in [3.05, 3.63) is 22.4 Å². The van der Waals surface area contributed by atoms with Crippen LogP contribution in [0.1, 0.15) is 64.3 Å². The van der Waals surface area contributed by atoms with Crippen LogP contribution < -0.4 is 5.32 Å². The van der Waals surface area contributed by atoms with Gasteiger partial charge in [0.2, 0.25) is 5.91 Å². The van der Waals surface area contributed by atoms with Gasteiger partial charge in [0.05, 0.1) is 6.04 Å². The molecule has 1 aromatic rings. The molecule has 1 atom stereocenters. The van der Waals surface area contributed by atoms with Gasteiger partial charge in [0, 0.05) is 10.8 Å². The molecule has 2 rings (SSSR count). The highest BCUT2D eigenvalue weighted by Crippen LogP contribution is 2.40. The zero-order chi connectivity index (χ0) is 14.8. The highest BCUT2D eigenvalue weighted by Gasteiger charge is 2.32. The summed E-state index contributed by atoms with van der Waals surface area (Å²) in [6.45, 7) is 9.02. The molecule has 1 amide bonds. The summed E-state index contributed by atoms with van der Waals surface area (Å²) in [4.78, 5) is 13.6. The maximum Gasteiger partial charge on any atom is 0.223 e. The normalized spacial score (nSPS) is 25.2. The number of carbonyl (C=O) groups excluding carboxylic acids is 1. The summed E-state index contributed by atoms with van der Waals surface area (Å²) in [5.74, 6) is 1.23. The molecule has 1 unspecified atom stereocenters. The Kier molecular flexibility index (Phi) is 4.90. The van der Waals surface area contributed by atoms with E-state index in [1.54, 1.807) is 11.3 Å². The topological polar surface area (TPSA) is 29.1 Å². The average Bonchev–Trinajstić information content (AvgIpc) is 2.91. The van der Waals surface area contributed by atoms with Gasteiger partial charge in [0.1, 0.15) is 0 Å². The van der Waals surface area contributed by atoms with Crippen molar-refractivity contribution in [1.29, 1.82) is 0 Å². The fraction of sp³-hybridized carbons (Fsp3) is 0.706. The summed E-state index contributed by atoms with van der Waals surface area (Å²) in [5, 5.41) is 5.24. The molecule has 0 aliphatic heterocycles. The second kappa shape index (κ2) is 6.30. The Balaban J connectivity index is 1.83. The minimum Gasteiger partial charge on any atom is -0.349 e. The molecule has 1 heterocycles. The van der Waals surface area contributed by atoms with Crippen LogP contribution in [0.4, 0.5) is 0 Å². The van der Waals surface area contributed by atoms with Crippen LogP contribution in [0.2, 0.25) is 0 Å². The van der Waals surface area contributed by atoms with E-state index < -0.39 is 0 Å². The highest BCUT2D eigenvalue weighted by atomic mass is 32.1. The van der Waals surface area contributed by atoms with E-state index in [0.717, 1.165) is 18.8 Å². The molecule has 0 aromatic carbocycles. The predicted molar refractivity (Wildman–Crippen MR) is 85.8 cm³/mol. The molecule has 0 radical (unpaired) electrons. The van der Waals surface area contributed by atoms with Crippen LogP contribution in [0.5, 0.6) is 0 Å². The van der Waals surface area contributed by atoms with Crippen molar-refractivity contribution in [1.82, 2.24) is 5.32 Å². The average molecular weight is 293 g/mol. The molecule has 1 aromatic heterocycles. The van der Waals surface area contributed by atoms with Gasteiger partial charge in [-0.25, -0.2) is 0 Å². The van der Waals surface area contributed by atoms with E-state index in [1.165, 1.54) is 17.7 Å². The number of hydrogen-bond donors (Lipinski definition) is 1. The third-order valence-electron chi connectivity index (χ3n) is 4.65. The first-order chi connectivity index (χ1) is 9.38. The molecule has 2 nitrogen and oxygen atoms in total. The second-order valence-electron chi connectivity index (χ2n) is 7.16. The molecule has 1 aliphatic carbocycles. The zero-order valence-electron chi connectivity index (χ0n) is 13.1. The lowest BCUT2D eigenvalue weighted by atomic mass is 9.69. The van der Waals surface area contributed by atoms with E-state index in [-0.39, 0.29) is 17.9 Å². The van der Waals surface area contributed by atoms with Gasteiger partial charge >= 0.3 is 0 Å².